The first-order chi connectivity index (χ1) is 18.7. The van der Waals surface area contributed by atoms with Gasteiger partial charge in [-0.05, 0) is 51.8 Å². The fourth-order valence-corrected chi connectivity index (χ4v) is 5.60. The molecule has 1 amide bonds. The number of nitrogens with one attached hydrogen (secondary N) is 1. The summed E-state index contributed by atoms with van der Waals surface area (Å²) in [5, 5.41) is 6.03. The Labute approximate surface area is 237 Å². The summed E-state index contributed by atoms with van der Waals surface area (Å²) < 4.78 is 16.5. The predicted octanol–water partition coefficient (Wildman–Crippen LogP) is 6.84. The largest absolute Gasteiger partial charge is 0.469 e. The first kappa shape index (κ1) is 28.7. The highest BCUT2D eigenvalue weighted by atomic mass is 32.2. The maximum absolute atomic E-state index is 12.6. The van der Waals surface area contributed by atoms with E-state index in [1.54, 1.807) is 11.1 Å². The van der Waals surface area contributed by atoms with Gasteiger partial charge < -0.3 is 24.4 Å². The van der Waals surface area contributed by atoms with Crippen LogP contribution < -0.4 is 10.1 Å². The molecule has 11 heteroatoms. The van der Waals surface area contributed by atoms with Crippen LogP contribution in [-0.2, 0) is 14.3 Å². The fraction of sp³-hybridized carbons (Fsp3) is 0.429. The number of carbonyl (C=O) groups is 2. The van der Waals surface area contributed by atoms with Crippen molar-refractivity contribution in [2.75, 3.05) is 31.3 Å². The van der Waals surface area contributed by atoms with Crippen LogP contribution in [0, 0.1) is 0 Å². The monoisotopic (exact) mass is 570 g/mol. The van der Waals surface area contributed by atoms with E-state index in [1.807, 2.05) is 62.5 Å². The molecular formula is C28H34N4O5S2. The Hall–Kier alpha value is -3.31. The highest BCUT2D eigenvalue weighted by Gasteiger charge is 2.29. The van der Waals surface area contributed by atoms with Crippen LogP contribution in [0.5, 0.6) is 11.5 Å². The lowest BCUT2D eigenvalue weighted by molar-refractivity contribution is -0.140. The molecule has 9 nitrogen and oxygen atoms in total. The van der Waals surface area contributed by atoms with Gasteiger partial charge in [-0.1, -0.05) is 18.2 Å². The number of piperidine rings is 1. The quantitative estimate of drug-likeness (QED) is 0.219. The number of aromatic nitrogens is 2. The number of methoxy groups -OCH3 is 1. The normalized spacial score (nSPS) is 15.5. The standard InChI is InChI=1S/C28H34N4O5S2/c1-28(2,3)37-27(34)32-13-8-9-19(17-32)22-18-39-26(30-22)31-25-23(36-20-10-6-5-7-11-20)15-21(16-29-25)38-14-12-24(33)35-4/h5-7,10-11,15-16,18-19H,8-9,12-14,17H2,1-4H3,(H,29,30,31). The number of anilines is 2. The Kier molecular flexibility index (Phi) is 9.68. The summed E-state index contributed by atoms with van der Waals surface area (Å²) in [7, 11) is 1.39. The van der Waals surface area contributed by atoms with Crippen molar-refractivity contribution in [3.63, 3.8) is 0 Å². The third kappa shape index (κ3) is 8.59. The van der Waals surface area contributed by atoms with Gasteiger partial charge in [-0.25, -0.2) is 14.8 Å². The molecule has 1 N–H and O–H groups in total. The number of likely N-dealkylation sites (tertiary alicyclic amines) is 1. The van der Waals surface area contributed by atoms with Gasteiger partial charge in [0.2, 0.25) is 0 Å². The molecule has 0 spiro atoms. The maximum atomic E-state index is 12.6. The highest BCUT2D eigenvalue weighted by Crippen LogP contribution is 2.36. The Morgan fingerprint density at radius 2 is 2.03 bits per heavy atom. The van der Waals surface area contributed by atoms with Crippen molar-refractivity contribution >= 4 is 46.1 Å². The maximum Gasteiger partial charge on any atom is 0.410 e. The van der Waals surface area contributed by atoms with Crippen molar-refractivity contribution in [2.24, 2.45) is 0 Å². The minimum absolute atomic E-state index is 0.139. The van der Waals surface area contributed by atoms with Crippen LogP contribution in [-0.4, -0.2) is 58.5 Å². The van der Waals surface area contributed by atoms with E-state index >= 15 is 0 Å². The number of rotatable bonds is 9. The number of hydrogen-bond acceptors (Lipinski definition) is 10. The molecule has 1 aliphatic heterocycles. The number of pyridine rings is 1. The van der Waals surface area contributed by atoms with Crippen molar-refractivity contribution in [1.82, 2.24) is 14.9 Å². The number of benzene rings is 1. The first-order valence-electron chi connectivity index (χ1n) is 12.8. The van der Waals surface area contributed by atoms with Crippen LogP contribution in [0.3, 0.4) is 0 Å². The number of carbonyl (C=O) groups excluding carboxylic acids is 2. The molecule has 1 atom stereocenters. The summed E-state index contributed by atoms with van der Waals surface area (Å²) in [6.07, 6.45) is 3.63. The van der Waals surface area contributed by atoms with Crippen LogP contribution in [0.15, 0.2) is 52.9 Å². The van der Waals surface area contributed by atoms with Crippen molar-refractivity contribution in [3.05, 3.63) is 53.7 Å². The van der Waals surface area contributed by atoms with Crippen molar-refractivity contribution < 1.29 is 23.8 Å². The minimum Gasteiger partial charge on any atom is -0.469 e. The highest BCUT2D eigenvalue weighted by molar-refractivity contribution is 7.99. The van der Waals surface area contributed by atoms with Gasteiger partial charge in [0.1, 0.15) is 11.4 Å². The van der Waals surface area contributed by atoms with E-state index in [0.29, 0.717) is 47.7 Å². The molecule has 2 aromatic heterocycles. The Bertz CT molecular complexity index is 1260. The minimum atomic E-state index is -0.524. The summed E-state index contributed by atoms with van der Waals surface area (Å²) in [6, 6.07) is 11.4. The zero-order valence-corrected chi connectivity index (χ0v) is 24.3. The number of ether oxygens (including phenoxy) is 3. The molecule has 0 bridgehead atoms. The SMILES string of the molecule is COC(=O)CCSc1cnc(Nc2nc(C3CCCN(C(=O)OC(C)(C)C)C3)cs2)c(Oc2ccccc2)c1. The predicted molar refractivity (Wildman–Crippen MR) is 153 cm³/mol. The van der Waals surface area contributed by atoms with E-state index < -0.39 is 5.60 Å². The molecule has 4 rings (SSSR count). The zero-order valence-electron chi connectivity index (χ0n) is 22.6. The van der Waals surface area contributed by atoms with E-state index in [2.05, 4.69) is 10.3 Å². The van der Waals surface area contributed by atoms with Crippen LogP contribution in [0.1, 0.15) is 51.6 Å². The van der Waals surface area contributed by atoms with Crippen LogP contribution >= 0.6 is 23.1 Å². The summed E-state index contributed by atoms with van der Waals surface area (Å²) in [6.45, 7) is 6.90. The first-order valence-corrected chi connectivity index (χ1v) is 14.7. The van der Waals surface area contributed by atoms with Crippen LogP contribution in [0.4, 0.5) is 15.7 Å². The third-order valence-corrected chi connectivity index (χ3v) is 7.58. The van der Waals surface area contributed by atoms with E-state index in [-0.39, 0.29) is 18.0 Å². The van der Waals surface area contributed by atoms with Gasteiger partial charge in [0, 0.05) is 41.2 Å². The van der Waals surface area contributed by atoms with E-state index in [0.717, 1.165) is 23.4 Å². The summed E-state index contributed by atoms with van der Waals surface area (Å²) in [4.78, 5) is 36.1. The number of thiazole rings is 1. The third-order valence-electron chi connectivity index (χ3n) is 5.84. The van der Waals surface area contributed by atoms with Crippen molar-refractivity contribution in [2.45, 2.75) is 56.4 Å². The molecule has 3 heterocycles. The van der Waals surface area contributed by atoms with E-state index in [9.17, 15) is 9.59 Å². The average Bonchev–Trinajstić information content (AvgIpc) is 3.38. The Balaban J connectivity index is 1.46. The number of hydrogen-bond donors (Lipinski definition) is 1. The molecule has 1 saturated heterocycles. The number of para-hydroxylation sites is 1. The summed E-state index contributed by atoms with van der Waals surface area (Å²) in [5.41, 5.74) is 0.417. The van der Waals surface area contributed by atoms with Gasteiger partial charge in [-0.15, -0.1) is 23.1 Å². The summed E-state index contributed by atoms with van der Waals surface area (Å²) in [5.74, 6) is 2.24. The van der Waals surface area contributed by atoms with Crippen molar-refractivity contribution in [1.29, 1.82) is 0 Å². The molecule has 0 radical (unpaired) electrons. The molecule has 1 fully saturated rings. The fourth-order valence-electron chi connectivity index (χ4n) is 3.99. The Morgan fingerprint density at radius 1 is 1.23 bits per heavy atom. The van der Waals surface area contributed by atoms with Gasteiger partial charge in [-0.3, -0.25) is 4.79 Å². The van der Waals surface area contributed by atoms with Crippen LogP contribution in [0.2, 0.25) is 0 Å². The van der Waals surface area contributed by atoms with Crippen molar-refractivity contribution in [3.8, 4) is 11.5 Å². The molecule has 1 aromatic carbocycles. The topological polar surface area (TPSA) is 103 Å². The molecule has 0 saturated carbocycles. The second kappa shape index (κ2) is 13.2. The smallest absolute Gasteiger partial charge is 0.410 e. The van der Waals surface area contributed by atoms with Gasteiger partial charge in [0.25, 0.3) is 0 Å². The summed E-state index contributed by atoms with van der Waals surface area (Å²) >= 11 is 2.99. The molecule has 0 aliphatic carbocycles. The number of nitrogens with zero attached hydrogens (tertiary/aromatic N) is 3. The molecule has 39 heavy (non-hydrogen) atoms. The lowest BCUT2D eigenvalue weighted by Crippen LogP contribution is -2.42. The number of thioether (sulfide) groups is 1. The van der Waals surface area contributed by atoms with E-state index in [1.165, 1.54) is 30.2 Å². The zero-order chi connectivity index (χ0) is 27.8. The second-order valence-corrected chi connectivity index (χ2v) is 12.1. The molecular weight excluding hydrogens is 536 g/mol. The van der Waals surface area contributed by atoms with Gasteiger partial charge in [0.15, 0.2) is 16.7 Å². The lowest BCUT2D eigenvalue weighted by Gasteiger charge is -2.33. The van der Waals surface area contributed by atoms with E-state index in [4.69, 9.17) is 19.2 Å². The Morgan fingerprint density at radius 3 is 2.77 bits per heavy atom. The van der Waals surface area contributed by atoms with Gasteiger partial charge in [0.05, 0.1) is 19.2 Å². The molecule has 1 aliphatic rings. The van der Waals surface area contributed by atoms with Gasteiger partial charge in [-0.2, -0.15) is 0 Å². The molecule has 208 valence electrons. The lowest BCUT2D eigenvalue weighted by atomic mass is 9.96. The van der Waals surface area contributed by atoms with Gasteiger partial charge >= 0.3 is 12.1 Å². The second-order valence-electron chi connectivity index (χ2n) is 10.1. The average molecular weight is 571 g/mol. The number of esters is 1. The van der Waals surface area contributed by atoms with Crippen LogP contribution in [0.25, 0.3) is 0 Å². The molecule has 1 unspecified atom stereocenters. The number of amides is 1. The molecule has 3 aromatic rings.